The fraction of sp³-hybridized carbons (Fsp3) is 0.731. The van der Waals surface area contributed by atoms with Crippen LogP contribution in [0.1, 0.15) is 95.8 Å². The van der Waals surface area contributed by atoms with E-state index < -0.39 is 12.2 Å². The summed E-state index contributed by atoms with van der Waals surface area (Å²) in [4.78, 5) is 25.1. The quantitative estimate of drug-likeness (QED) is 0.262. The molecule has 2 aromatic rings. The molecular formula is C26H39N7O3. The molecule has 3 fully saturated rings. The van der Waals surface area contributed by atoms with Gasteiger partial charge in [-0.3, -0.25) is 10.7 Å². The molecule has 2 heterocycles. The monoisotopic (exact) mass is 497 g/mol. The van der Waals surface area contributed by atoms with Crippen LogP contribution in [0.25, 0.3) is 11.2 Å². The molecule has 1 amide bonds. The Bertz CT molecular complexity index is 1120. The lowest BCUT2D eigenvalue weighted by Gasteiger charge is -2.33. The Labute approximate surface area is 211 Å². The second-order valence-corrected chi connectivity index (χ2v) is 11.3. The van der Waals surface area contributed by atoms with Gasteiger partial charge in [0.2, 0.25) is 0 Å². The molecule has 5 N–H and O–H groups in total. The lowest BCUT2D eigenvalue weighted by molar-refractivity contribution is 0.0514. The van der Waals surface area contributed by atoms with Crippen molar-refractivity contribution >= 4 is 28.9 Å². The largest absolute Gasteiger partial charge is 0.465 e. The third-order valence-corrected chi connectivity index (χ3v) is 8.75. The van der Waals surface area contributed by atoms with Crippen LogP contribution in [-0.4, -0.2) is 47.7 Å². The second kappa shape index (κ2) is 10.3. The van der Waals surface area contributed by atoms with E-state index in [2.05, 4.69) is 39.0 Å². The Hall–Kier alpha value is -2.75. The number of hydrogen-bond acceptors (Lipinski definition) is 7. The predicted molar refractivity (Wildman–Crippen MR) is 137 cm³/mol. The third kappa shape index (κ3) is 5.05. The summed E-state index contributed by atoms with van der Waals surface area (Å²) in [5, 5.41) is 34.3. The van der Waals surface area contributed by atoms with E-state index in [0.717, 1.165) is 62.9 Å². The Morgan fingerprint density at radius 2 is 1.72 bits per heavy atom. The van der Waals surface area contributed by atoms with E-state index in [4.69, 9.17) is 15.5 Å². The van der Waals surface area contributed by atoms with Gasteiger partial charge in [-0.2, -0.15) is 0 Å². The van der Waals surface area contributed by atoms with Gasteiger partial charge in [-0.05, 0) is 69.1 Å². The Morgan fingerprint density at radius 3 is 2.31 bits per heavy atom. The number of nitrogens with one attached hydrogen (secondary N) is 3. The highest BCUT2D eigenvalue weighted by atomic mass is 16.4. The lowest BCUT2D eigenvalue weighted by atomic mass is 9.80. The van der Waals surface area contributed by atoms with Crippen molar-refractivity contribution in [3.05, 3.63) is 11.6 Å². The van der Waals surface area contributed by atoms with Gasteiger partial charge in [0.15, 0.2) is 23.1 Å². The number of imidazole rings is 1. The number of aliphatic hydroxyl groups is 1. The average molecular weight is 498 g/mol. The van der Waals surface area contributed by atoms with Crippen molar-refractivity contribution < 1.29 is 15.0 Å². The first-order chi connectivity index (χ1) is 17.3. The molecule has 5 rings (SSSR count). The van der Waals surface area contributed by atoms with Crippen molar-refractivity contribution in [2.75, 3.05) is 5.32 Å². The van der Waals surface area contributed by atoms with Gasteiger partial charge in [0.05, 0.1) is 0 Å². The summed E-state index contributed by atoms with van der Waals surface area (Å²) in [5.41, 5.74) is 1.15. The molecule has 2 atom stereocenters. The van der Waals surface area contributed by atoms with Crippen LogP contribution >= 0.6 is 0 Å². The molecule has 0 radical (unpaired) electrons. The first-order valence-corrected chi connectivity index (χ1v) is 13.6. The Morgan fingerprint density at radius 1 is 1.06 bits per heavy atom. The van der Waals surface area contributed by atoms with Crippen LogP contribution in [0.3, 0.4) is 0 Å². The van der Waals surface area contributed by atoms with Crippen LogP contribution in [0.15, 0.2) is 0 Å². The predicted octanol–water partition coefficient (Wildman–Crippen LogP) is 4.68. The van der Waals surface area contributed by atoms with Crippen molar-refractivity contribution in [1.29, 1.82) is 5.41 Å². The number of hydrogen-bond donors (Lipinski definition) is 5. The maximum Gasteiger partial charge on any atom is 0.410 e. The fourth-order valence-corrected chi connectivity index (χ4v) is 5.85. The smallest absolute Gasteiger partial charge is 0.410 e. The summed E-state index contributed by atoms with van der Waals surface area (Å²) < 4.78 is 2.13. The molecule has 10 nitrogen and oxygen atoms in total. The summed E-state index contributed by atoms with van der Waals surface area (Å²) in [6, 6.07) is 0.171. The van der Waals surface area contributed by atoms with Crippen LogP contribution in [0.2, 0.25) is 0 Å². The molecule has 3 saturated carbocycles. The molecule has 0 aromatic carbocycles. The lowest BCUT2D eigenvalue weighted by Crippen LogP contribution is -2.33. The van der Waals surface area contributed by atoms with E-state index >= 15 is 0 Å². The minimum Gasteiger partial charge on any atom is -0.465 e. The van der Waals surface area contributed by atoms with Gasteiger partial charge in [-0.15, -0.1) is 0 Å². The van der Waals surface area contributed by atoms with E-state index in [1.165, 1.54) is 19.3 Å². The molecule has 0 aliphatic heterocycles. The van der Waals surface area contributed by atoms with Crippen molar-refractivity contribution in [2.24, 2.45) is 23.7 Å². The van der Waals surface area contributed by atoms with Crippen LogP contribution in [0, 0.1) is 29.1 Å². The van der Waals surface area contributed by atoms with Gasteiger partial charge >= 0.3 is 6.09 Å². The van der Waals surface area contributed by atoms with Crippen LogP contribution in [0.5, 0.6) is 0 Å². The van der Waals surface area contributed by atoms with Crippen molar-refractivity contribution in [1.82, 2.24) is 24.8 Å². The van der Waals surface area contributed by atoms with Gasteiger partial charge in [0, 0.05) is 12.6 Å². The molecule has 3 aliphatic rings. The summed E-state index contributed by atoms with van der Waals surface area (Å²) in [6.45, 7) is 5.21. The first kappa shape index (κ1) is 24.9. The van der Waals surface area contributed by atoms with Crippen LogP contribution in [0.4, 0.5) is 10.6 Å². The zero-order valence-corrected chi connectivity index (χ0v) is 21.3. The summed E-state index contributed by atoms with van der Waals surface area (Å²) in [7, 11) is 0. The summed E-state index contributed by atoms with van der Waals surface area (Å²) in [5.74, 6) is 2.76. The number of rotatable bonds is 8. The van der Waals surface area contributed by atoms with Crippen LogP contribution < -0.4 is 10.6 Å². The molecular weight excluding hydrogens is 458 g/mol. The van der Waals surface area contributed by atoms with Gasteiger partial charge in [-0.25, -0.2) is 19.7 Å². The average Bonchev–Trinajstić information content (AvgIpc) is 3.11. The number of nitrogens with zero attached hydrogens (tertiary/aromatic N) is 4. The molecule has 10 heteroatoms. The molecule has 1 unspecified atom stereocenters. The van der Waals surface area contributed by atoms with E-state index in [1.54, 1.807) is 0 Å². The standard InChI is InChI=1S/C26H39N7O3/c1-14-9-11-16(12-10-14)13-33-19-22(28-15(2)17-5-3-6-17)30-24(21(27)29-26(35)36)31-23(19)32-25(33)20(34)18-7-4-8-18/h14-18,20,34H,3-13H2,1-2H3,(H2,27,29)(H,35,36)(H,28,30,31)/t14?,15-,16?,20?/m1/s1. The highest BCUT2D eigenvalue weighted by Crippen LogP contribution is 2.40. The highest BCUT2D eigenvalue weighted by Gasteiger charge is 2.34. The number of amidine groups is 1. The number of carboxylic acid groups (broad SMARTS) is 1. The maximum atomic E-state index is 11.3. The van der Waals surface area contributed by atoms with Crippen molar-refractivity contribution in [2.45, 2.75) is 96.7 Å². The Balaban J connectivity index is 1.59. The summed E-state index contributed by atoms with van der Waals surface area (Å²) >= 11 is 0. The molecule has 0 bridgehead atoms. The van der Waals surface area contributed by atoms with E-state index in [9.17, 15) is 9.90 Å². The van der Waals surface area contributed by atoms with Gasteiger partial charge in [0.25, 0.3) is 0 Å². The minimum absolute atomic E-state index is 0.0194. The van der Waals surface area contributed by atoms with Gasteiger partial charge in [0.1, 0.15) is 17.4 Å². The number of amides is 1. The SMILES string of the molecule is CC1CCC(Cn2c(C(O)C3CCC3)nc3nc(C(=N)NC(=O)O)nc(N[C@H](C)C4CCC4)c32)CC1. The normalized spacial score (nSPS) is 24.5. The minimum atomic E-state index is -1.33. The molecule has 0 spiro atoms. The zero-order valence-electron chi connectivity index (χ0n) is 21.3. The highest BCUT2D eigenvalue weighted by molar-refractivity contribution is 6.03. The van der Waals surface area contributed by atoms with E-state index in [1.807, 2.05) is 0 Å². The Kier molecular flexibility index (Phi) is 7.14. The van der Waals surface area contributed by atoms with Crippen molar-refractivity contribution in [3.63, 3.8) is 0 Å². The van der Waals surface area contributed by atoms with E-state index in [0.29, 0.717) is 29.1 Å². The van der Waals surface area contributed by atoms with Gasteiger partial charge in [-0.1, -0.05) is 32.6 Å². The summed E-state index contributed by atoms with van der Waals surface area (Å²) in [6.07, 6.45) is 9.35. The zero-order chi connectivity index (χ0) is 25.4. The fourth-order valence-electron chi connectivity index (χ4n) is 5.85. The number of anilines is 1. The molecule has 2 aromatic heterocycles. The molecule has 3 aliphatic carbocycles. The van der Waals surface area contributed by atoms with E-state index in [-0.39, 0.29) is 23.6 Å². The third-order valence-electron chi connectivity index (χ3n) is 8.75. The van der Waals surface area contributed by atoms with Crippen molar-refractivity contribution in [3.8, 4) is 0 Å². The van der Waals surface area contributed by atoms with Crippen LogP contribution in [-0.2, 0) is 6.54 Å². The number of fused-ring (bicyclic) bond motifs is 1. The maximum absolute atomic E-state index is 11.3. The number of aliphatic hydroxyl groups excluding tert-OH is 1. The number of carbonyl (C=O) groups is 1. The molecule has 196 valence electrons. The number of aromatic nitrogens is 4. The molecule has 36 heavy (non-hydrogen) atoms. The second-order valence-electron chi connectivity index (χ2n) is 11.3. The van der Waals surface area contributed by atoms with Gasteiger partial charge < -0.3 is 20.1 Å². The first-order valence-electron chi connectivity index (χ1n) is 13.6. The molecule has 0 saturated heterocycles. The topological polar surface area (TPSA) is 149 Å².